The molecular weight excluding hydrogens is 391 g/mol. The number of rotatable bonds is 6. The Morgan fingerprint density at radius 1 is 0.933 bits per heavy atom. The van der Waals surface area contributed by atoms with Crippen molar-refractivity contribution in [1.29, 1.82) is 0 Å². The fraction of sp³-hybridized carbons (Fsp3) is 0.160. The second-order valence-corrected chi connectivity index (χ2v) is 10.4. The molecule has 30 heavy (non-hydrogen) atoms. The van der Waals surface area contributed by atoms with Gasteiger partial charge in [0, 0.05) is 29.0 Å². The maximum Gasteiger partial charge on any atom is 0.246 e. The lowest BCUT2D eigenvalue weighted by molar-refractivity contribution is 0.444. The van der Waals surface area contributed by atoms with Crippen molar-refractivity contribution in [2.45, 2.75) is 13.8 Å². The van der Waals surface area contributed by atoms with Crippen LogP contribution in [0.5, 0.6) is 0 Å². The van der Waals surface area contributed by atoms with Crippen LogP contribution in [-0.2, 0) is 9.09 Å². The van der Waals surface area contributed by atoms with E-state index in [0.29, 0.717) is 18.0 Å². The molecule has 0 aliphatic rings. The molecule has 0 saturated carbocycles. The second kappa shape index (κ2) is 8.33. The Morgan fingerprint density at radius 3 is 2.50 bits per heavy atom. The van der Waals surface area contributed by atoms with Crippen molar-refractivity contribution in [3.05, 3.63) is 78.7 Å². The number of benzene rings is 3. The van der Waals surface area contributed by atoms with Gasteiger partial charge in [0.1, 0.15) is 0 Å². The summed E-state index contributed by atoms with van der Waals surface area (Å²) in [6.07, 6.45) is 4.31. The van der Waals surface area contributed by atoms with Crippen LogP contribution in [0.2, 0.25) is 0 Å². The summed E-state index contributed by atoms with van der Waals surface area (Å²) in [7, 11) is -2.59. The molecule has 0 unspecified atom stereocenters. The molecule has 4 nitrogen and oxygen atoms in total. The largest absolute Gasteiger partial charge is 0.451 e. The topological polar surface area (TPSA) is 65.2 Å². The molecule has 0 bridgehead atoms. The van der Waals surface area contributed by atoms with Crippen LogP contribution in [-0.4, -0.2) is 17.3 Å². The lowest BCUT2D eigenvalue weighted by Crippen LogP contribution is -1.93. The van der Waals surface area contributed by atoms with E-state index in [-0.39, 0.29) is 0 Å². The van der Waals surface area contributed by atoms with Gasteiger partial charge in [0.15, 0.2) is 0 Å². The Bertz CT molecular complexity index is 1280. The number of hydrogen-bond donors (Lipinski definition) is 1. The van der Waals surface area contributed by atoms with E-state index < -0.39 is 7.37 Å². The van der Waals surface area contributed by atoms with Gasteiger partial charge in [-0.15, -0.1) is 0 Å². The van der Waals surface area contributed by atoms with Gasteiger partial charge in [-0.05, 0) is 40.6 Å². The quantitative estimate of drug-likeness (QED) is 0.210. The monoisotopic (exact) mass is 416 g/mol. The smallest absolute Gasteiger partial charge is 0.246 e. The van der Waals surface area contributed by atoms with Gasteiger partial charge in [-0.1, -0.05) is 62.4 Å². The molecule has 0 aliphatic carbocycles. The van der Waals surface area contributed by atoms with E-state index in [0.717, 1.165) is 33.1 Å². The standard InChI is InChI=1S/C25H25N2O2P/c1-3-30(28,4-2)29-15-14-21-13-12-19-16-20(26)17-24(25(19)27-21)23-11-7-9-18-8-5-6-10-22(18)23/h5-17H,3-4,26H2,1-2H3/b15-14+. The molecule has 0 aliphatic heterocycles. The Hall–Kier alpha value is -3.10. The van der Waals surface area contributed by atoms with E-state index in [2.05, 4.69) is 30.3 Å². The second-order valence-electron chi connectivity index (χ2n) is 7.26. The van der Waals surface area contributed by atoms with Crippen LogP contribution in [0.15, 0.2) is 73.0 Å². The van der Waals surface area contributed by atoms with E-state index in [1.165, 1.54) is 11.6 Å². The van der Waals surface area contributed by atoms with Crippen molar-refractivity contribution < 1.29 is 9.09 Å². The van der Waals surface area contributed by atoms with E-state index in [4.69, 9.17) is 15.2 Å². The molecule has 0 radical (unpaired) electrons. The molecule has 3 aromatic carbocycles. The van der Waals surface area contributed by atoms with Crippen LogP contribution in [0.1, 0.15) is 19.5 Å². The van der Waals surface area contributed by atoms with Gasteiger partial charge in [-0.25, -0.2) is 4.98 Å². The number of hydrogen-bond acceptors (Lipinski definition) is 4. The minimum Gasteiger partial charge on any atom is -0.451 e. The van der Waals surface area contributed by atoms with Crippen molar-refractivity contribution in [2.24, 2.45) is 0 Å². The SMILES string of the molecule is CCP(=O)(CC)O/C=C/c1ccc2cc(N)cc(-c3cccc4ccccc34)c2n1. The number of nitrogens with two attached hydrogens (primary N) is 1. The minimum absolute atomic E-state index is 0.517. The first-order chi connectivity index (χ1) is 14.5. The Balaban J connectivity index is 1.82. The van der Waals surface area contributed by atoms with Gasteiger partial charge in [0.2, 0.25) is 7.37 Å². The molecule has 1 heterocycles. The summed E-state index contributed by atoms with van der Waals surface area (Å²) in [6, 6.07) is 22.4. The average molecular weight is 416 g/mol. The average Bonchev–Trinajstić information content (AvgIpc) is 2.78. The molecule has 152 valence electrons. The molecule has 0 atom stereocenters. The van der Waals surface area contributed by atoms with Crippen molar-refractivity contribution in [3.63, 3.8) is 0 Å². The molecular formula is C25H25N2O2P. The zero-order chi connectivity index (χ0) is 21.1. The van der Waals surface area contributed by atoms with Gasteiger partial charge in [-0.2, -0.15) is 0 Å². The predicted molar refractivity (Wildman–Crippen MR) is 128 cm³/mol. The fourth-order valence-electron chi connectivity index (χ4n) is 3.62. The summed E-state index contributed by atoms with van der Waals surface area (Å²) in [5.74, 6) is 0. The van der Waals surface area contributed by atoms with Crippen LogP contribution in [0, 0.1) is 0 Å². The summed E-state index contributed by atoms with van der Waals surface area (Å²) >= 11 is 0. The number of pyridine rings is 1. The van der Waals surface area contributed by atoms with Crippen LogP contribution in [0.3, 0.4) is 0 Å². The number of nitrogens with zero attached hydrogens (tertiary/aromatic N) is 1. The number of aromatic nitrogens is 1. The highest BCUT2D eigenvalue weighted by molar-refractivity contribution is 7.58. The van der Waals surface area contributed by atoms with Gasteiger partial charge in [-0.3, -0.25) is 4.57 Å². The molecule has 0 spiro atoms. The predicted octanol–water partition coefficient (Wildman–Crippen LogP) is 6.94. The number of nitrogen functional groups attached to an aromatic ring is 1. The van der Waals surface area contributed by atoms with Crippen LogP contribution in [0.4, 0.5) is 5.69 Å². The molecule has 5 heteroatoms. The molecule has 0 amide bonds. The molecule has 1 aromatic heterocycles. The minimum atomic E-state index is -2.59. The highest BCUT2D eigenvalue weighted by atomic mass is 31.2. The summed E-state index contributed by atoms with van der Waals surface area (Å²) in [5.41, 5.74) is 10.6. The van der Waals surface area contributed by atoms with E-state index in [1.54, 1.807) is 6.08 Å². The van der Waals surface area contributed by atoms with Crippen molar-refractivity contribution in [1.82, 2.24) is 4.98 Å². The first-order valence-electron chi connectivity index (χ1n) is 10.1. The summed E-state index contributed by atoms with van der Waals surface area (Å²) in [6.45, 7) is 3.76. The normalized spacial score (nSPS) is 12.1. The van der Waals surface area contributed by atoms with Gasteiger partial charge in [0.25, 0.3) is 0 Å². The fourth-order valence-corrected chi connectivity index (χ4v) is 4.64. The zero-order valence-corrected chi connectivity index (χ0v) is 18.1. The van der Waals surface area contributed by atoms with Crippen molar-refractivity contribution in [3.8, 4) is 11.1 Å². The van der Waals surface area contributed by atoms with Gasteiger partial charge in [0.05, 0.1) is 17.5 Å². The number of fused-ring (bicyclic) bond motifs is 2. The maximum absolute atomic E-state index is 12.4. The maximum atomic E-state index is 12.4. The Morgan fingerprint density at radius 2 is 1.70 bits per heavy atom. The summed E-state index contributed by atoms with van der Waals surface area (Å²) in [5, 5.41) is 3.30. The first-order valence-corrected chi connectivity index (χ1v) is 12.1. The third kappa shape index (κ3) is 3.96. The van der Waals surface area contributed by atoms with Crippen LogP contribution >= 0.6 is 7.37 Å². The summed E-state index contributed by atoms with van der Waals surface area (Å²) < 4.78 is 18.0. The Kier molecular flexibility index (Phi) is 5.61. The molecule has 0 fully saturated rings. The van der Waals surface area contributed by atoms with E-state index >= 15 is 0 Å². The van der Waals surface area contributed by atoms with Crippen LogP contribution in [0.25, 0.3) is 38.9 Å². The molecule has 2 N–H and O–H groups in total. The van der Waals surface area contributed by atoms with Crippen LogP contribution < -0.4 is 5.73 Å². The van der Waals surface area contributed by atoms with E-state index in [9.17, 15) is 4.57 Å². The lowest BCUT2D eigenvalue weighted by Gasteiger charge is -2.13. The Labute approximate surface area is 176 Å². The highest BCUT2D eigenvalue weighted by Crippen LogP contribution is 2.46. The van der Waals surface area contributed by atoms with E-state index in [1.807, 2.05) is 50.2 Å². The van der Waals surface area contributed by atoms with Crippen molar-refractivity contribution >= 4 is 40.8 Å². The zero-order valence-electron chi connectivity index (χ0n) is 17.2. The molecule has 4 rings (SSSR count). The molecule has 0 saturated heterocycles. The number of anilines is 1. The van der Waals surface area contributed by atoms with Crippen molar-refractivity contribution in [2.75, 3.05) is 18.1 Å². The highest BCUT2D eigenvalue weighted by Gasteiger charge is 2.16. The third-order valence-electron chi connectivity index (χ3n) is 5.37. The first kappa shape index (κ1) is 20.2. The third-order valence-corrected chi connectivity index (χ3v) is 7.80. The summed E-state index contributed by atoms with van der Waals surface area (Å²) in [4.78, 5) is 4.86. The van der Waals surface area contributed by atoms with Gasteiger partial charge < -0.3 is 10.3 Å². The molecule has 4 aromatic rings. The lowest BCUT2D eigenvalue weighted by atomic mass is 9.95. The van der Waals surface area contributed by atoms with Gasteiger partial charge >= 0.3 is 0 Å².